The number of aryl methyl sites for hydroxylation is 2. The molecule has 116 valence electrons. The van der Waals surface area contributed by atoms with Crippen molar-refractivity contribution in [1.29, 1.82) is 0 Å². The summed E-state index contributed by atoms with van der Waals surface area (Å²) in [6.07, 6.45) is 3.16. The highest BCUT2D eigenvalue weighted by molar-refractivity contribution is 9.10. The molecule has 1 unspecified atom stereocenters. The van der Waals surface area contributed by atoms with Gasteiger partial charge in [0, 0.05) is 19.0 Å². The first-order valence-corrected chi connectivity index (χ1v) is 8.44. The molecule has 1 atom stereocenters. The number of halogens is 1. The van der Waals surface area contributed by atoms with Gasteiger partial charge in [-0.15, -0.1) is 0 Å². The molecule has 1 N–H and O–H groups in total. The fourth-order valence-corrected chi connectivity index (χ4v) is 3.15. The molecule has 20 heavy (non-hydrogen) atoms. The maximum atomic E-state index is 4.69. The Balaban J connectivity index is 2.83. The quantitative estimate of drug-likeness (QED) is 0.747. The Kier molecular flexibility index (Phi) is 7.77. The minimum atomic E-state index is 0.505. The average molecular weight is 345 g/mol. The number of rotatable bonds is 9. The van der Waals surface area contributed by atoms with Crippen molar-refractivity contribution in [3.05, 3.63) is 15.9 Å². The van der Waals surface area contributed by atoms with E-state index in [2.05, 4.69) is 70.8 Å². The van der Waals surface area contributed by atoms with Gasteiger partial charge in [-0.3, -0.25) is 4.68 Å². The minimum Gasteiger partial charge on any atom is -0.314 e. The van der Waals surface area contributed by atoms with E-state index < -0.39 is 0 Å². The van der Waals surface area contributed by atoms with Gasteiger partial charge in [-0.05, 0) is 62.9 Å². The van der Waals surface area contributed by atoms with Crippen LogP contribution < -0.4 is 5.32 Å². The molecule has 1 heterocycles. The Bertz CT molecular complexity index is 401. The van der Waals surface area contributed by atoms with Gasteiger partial charge in [-0.2, -0.15) is 5.10 Å². The van der Waals surface area contributed by atoms with Crippen LogP contribution >= 0.6 is 15.9 Å². The number of nitrogens with one attached hydrogen (secondary N) is 1. The molecule has 0 aliphatic rings. The molecule has 0 spiro atoms. The van der Waals surface area contributed by atoms with Gasteiger partial charge in [0.15, 0.2) is 0 Å². The summed E-state index contributed by atoms with van der Waals surface area (Å²) in [4.78, 5) is 2.24. The second kappa shape index (κ2) is 8.80. The fourth-order valence-electron chi connectivity index (χ4n) is 2.42. The molecular formula is C15H29BrN4. The lowest BCUT2D eigenvalue weighted by atomic mass is 10.1. The van der Waals surface area contributed by atoms with Gasteiger partial charge in [-0.25, -0.2) is 0 Å². The first kappa shape index (κ1) is 17.7. The van der Waals surface area contributed by atoms with Crippen LogP contribution in [0.5, 0.6) is 0 Å². The molecule has 1 aromatic heterocycles. The van der Waals surface area contributed by atoms with Crippen molar-refractivity contribution in [3.63, 3.8) is 0 Å². The summed E-state index contributed by atoms with van der Waals surface area (Å²) in [7, 11) is 4.26. The zero-order chi connectivity index (χ0) is 15.1. The zero-order valence-electron chi connectivity index (χ0n) is 13.5. The topological polar surface area (TPSA) is 33.1 Å². The molecule has 0 amide bonds. The van der Waals surface area contributed by atoms with Crippen LogP contribution in [0.2, 0.25) is 0 Å². The molecule has 5 heteroatoms. The predicted octanol–water partition coefficient (Wildman–Crippen LogP) is 2.70. The molecule has 0 bridgehead atoms. The summed E-state index contributed by atoms with van der Waals surface area (Å²) in [5, 5.41) is 8.29. The number of nitrogens with zero attached hydrogens (tertiary/aromatic N) is 3. The normalized spacial score (nSPS) is 13.2. The molecule has 0 radical (unpaired) electrons. The van der Waals surface area contributed by atoms with Crippen LogP contribution in [0.25, 0.3) is 0 Å². The molecule has 0 aliphatic carbocycles. The van der Waals surface area contributed by atoms with Crippen molar-refractivity contribution >= 4 is 15.9 Å². The van der Waals surface area contributed by atoms with Gasteiger partial charge in [-0.1, -0.05) is 13.8 Å². The van der Waals surface area contributed by atoms with Crippen molar-refractivity contribution in [2.45, 2.75) is 52.6 Å². The van der Waals surface area contributed by atoms with E-state index in [0.29, 0.717) is 6.04 Å². The van der Waals surface area contributed by atoms with E-state index in [9.17, 15) is 0 Å². The summed E-state index contributed by atoms with van der Waals surface area (Å²) < 4.78 is 3.35. The zero-order valence-corrected chi connectivity index (χ0v) is 15.1. The summed E-state index contributed by atoms with van der Waals surface area (Å²) in [5.41, 5.74) is 2.50. The second-order valence-corrected chi connectivity index (χ2v) is 6.22. The molecule has 0 saturated heterocycles. The molecular weight excluding hydrogens is 316 g/mol. The van der Waals surface area contributed by atoms with Crippen LogP contribution in [0, 0.1) is 0 Å². The molecule has 4 nitrogen and oxygen atoms in total. The van der Waals surface area contributed by atoms with Crippen molar-refractivity contribution in [2.24, 2.45) is 0 Å². The van der Waals surface area contributed by atoms with Crippen molar-refractivity contribution < 1.29 is 0 Å². The lowest BCUT2D eigenvalue weighted by Gasteiger charge is -2.20. The van der Waals surface area contributed by atoms with Crippen LogP contribution in [0.3, 0.4) is 0 Å². The predicted molar refractivity (Wildman–Crippen MR) is 89.3 cm³/mol. The van der Waals surface area contributed by atoms with Crippen LogP contribution in [0.1, 0.15) is 38.6 Å². The highest BCUT2D eigenvalue weighted by Crippen LogP contribution is 2.24. The maximum Gasteiger partial charge on any atom is 0.0766 e. The highest BCUT2D eigenvalue weighted by atomic mass is 79.9. The van der Waals surface area contributed by atoms with Crippen LogP contribution in [-0.2, 0) is 19.4 Å². The number of hydrogen-bond donors (Lipinski definition) is 1. The van der Waals surface area contributed by atoms with E-state index in [-0.39, 0.29) is 0 Å². The summed E-state index contributed by atoms with van der Waals surface area (Å²) in [6, 6.07) is 0.505. The van der Waals surface area contributed by atoms with E-state index in [0.717, 1.165) is 38.9 Å². The highest BCUT2D eigenvalue weighted by Gasteiger charge is 2.18. The number of likely N-dealkylation sites (N-methyl/N-ethyl adjacent to an activating group) is 1. The Morgan fingerprint density at radius 2 is 2.00 bits per heavy atom. The Hall–Kier alpha value is -0.390. The third-order valence-electron chi connectivity index (χ3n) is 3.55. The van der Waals surface area contributed by atoms with Crippen molar-refractivity contribution in [2.75, 3.05) is 27.2 Å². The first-order valence-electron chi connectivity index (χ1n) is 7.65. The third kappa shape index (κ3) is 4.86. The van der Waals surface area contributed by atoms with E-state index >= 15 is 0 Å². The lowest BCUT2D eigenvalue weighted by Crippen LogP contribution is -2.34. The Labute approximate surface area is 132 Å². The summed E-state index contributed by atoms with van der Waals surface area (Å²) in [6.45, 7) is 9.54. The molecule has 1 rings (SSSR count). The molecule has 0 aliphatic heterocycles. The van der Waals surface area contributed by atoms with Crippen LogP contribution in [-0.4, -0.2) is 47.9 Å². The maximum absolute atomic E-state index is 4.69. The van der Waals surface area contributed by atoms with Crippen LogP contribution in [0.15, 0.2) is 4.47 Å². The van der Waals surface area contributed by atoms with Crippen molar-refractivity contribution in [1.82, 2.24) is 20.0 Å². The largest absolute Gasteiger partial charge is 0.314 e. The Morgan fingerprint density at radius 1 is 1.30 bits per heavy atom. The van der Waals surface area contributed by atoms with Gasteiger partial charge < -0.3 is 10.2 Å². The molecule has 0 fully saturated rings. The SMILES string of the molecule is CCNC(CCN(C)C)Cc1c(Br)c(CC)nn1CC. The van der Waals surface area contributed by atoms with Crippen molar-refractivity contribution in [3.8, 4) is 0 Å². The molecule has 0 saturated carbocycles. The smallest absolute Gasteiger partial charge is 0.0766 e. The van der Waals surface area contributed by atoms with E-state index in [1.165, 1.54) is 15.9 Å². The van der Waals surface area contributed by atoms with Gasteiger partial charge >= 0.3 is 0 Å². The number of aromatic nitrogens is 2. The third-order valence-corrected chi connectivity index (χ3v) is 4.47. The molecule has 0 aromatic carbocycles. The molecule has 1 aromatic rings. The first-order chi connectivity index (χ1) is 9.53. The Morgan fingerprint density at radius 3 is 2.50 bits per heavy atom. The lowest BCUT2D eigenvalue weighted by molar-refractivity contribution is 0.355. The second-order valence-electron chi connectivity index (χ2n) is 5.43. The van der Waals surface area contributed by atoms with E-state index in [1.54, 1.807) is 0 Å². The van der Waals surface area contributed by atoms with Gasteiger partial charge in [0.05, 0.1) is 15.9 Å². The van der Waals surface area contributed by atoms with Gasteiger partial charge in [0.2, 0.25) is 0 Å². The van der Waals surface area contributed by atoms with E-state index in [1.807, 2.05) is 0 Å². The average Bonchev–Trinajstić information content (AvgIpc) is 2.72. The van der Waals surface area contributed by atoms with E-state index in [4.69, 9.17) is 0 Å². The van der Waals surface area contributed by atoms with Gasteiger partial charge in [0.1, 0.15) is 0 Å². The van der Waals surface area contributed by atoms with Crippen LogP contribution in [0.4, 0.5) is 0 Å². The monoisotopic (exact) mass is 344 g/mol. The summed E-state index contributed by atoms with van der Waals surface area (Å²) in [5.74, 6) is 0. The standard InChI is InChI=1S/C15H29BrN4/c1-6-13-15(16)14(20(8-3)18-13)11-12(17-7-2)9-10-19(4)5/h12,17H,6-11H2,1-5H3. The number of hydrogen-bond acceptors (Lipinski definition) is 3. The summed E-state index contributed by atoms with van der Waals surface area (Å²) >= 11 is 3.74. The minimum absolute atomic E-state index is 0.505. The fraction of sp³-hybridized carbons (Fsp3) is 0.800. The van der Waals surface area contributed by atoms with Gasteiger partial charge in [0.25, 0.3) is 0 Å².